The SMILES string of the molecule is COC1=C[C@](C)(C2=N[C@H](c3ccccc3)[C@@H](c3ccccc3)O2)[C@H](C(C)C)C=C1. The van der Waals surface area contributed by atoms with Crippen LogP contribution in [-0.4, -0.2) is 13.0 Å². The number of hydrogen-bond donors (Lipinski definition) is 0. The summed E-state index contributed by atoms with van der Waals surface area (Å²) in [4.78, 5) is 5.17. The fraction of sp³-hybridized carbons (Fsp3) is 0.346. The highest BCUT2D eigenvalue weighted by atomic mass is 16.5. The lowest BCUT2D eigenvalue weighted by Gasteiger charge is -2.38. The quantitative estimate of drug-likeness (QED) is 0.605. The zero-order valence-electron chi connectivity index (χ0n) is 17.6. The van der Waals surface area contributed by atoms with Crippen LogP contribution in [-0.2, 0) is 9.47 Å². The average molecular weight is 388 g/mol. The molecule has 0 saturated carbocycles. The minimum absolute atomic E-state index is 0.0662. The van der Waals surface area contributed by atoms with Crippen molar-refractivity contribution in [2.45, 2.75) is 32.9 Å². The molecule has 4 rings (SSSR count). The highest BCUT2D eigenvalue weighted by molar-refractivity contribution is 5.87. The first-order valence-corrected chi connectivity index (χ1v) is 10.3. The number of allylic oxidation sites excluding steroid dienone is 2. The third kappa shape index (κ3) is 3.62. The molecule has 0 bridgehead atoms. The van der Waals surface area contributed by atoms with Crippen LogP contribution in [0.2, 0.25) is 0 Å². The van der Waals surface area contributed by atoms with Crippen molar-refractivity contribution < 1.29 is 9.47 Å². The van der Waals surface area contributed by atoms with Crippen molar-refractivity contribution in [2.24, 2.45) is 22.2 Å². The normalized spacial score (nSPS) is 28.7. The second-order valence-electron chi connectivity index (χ2n) is 8.40. The summed E-state index contributed by atoms with van der Waals surface area (Å²) in [5.41, 5.74) is 1.96. The Balaban J connectivity index is 1.79. The molecule has 2 aromatic carbocycles. The van der Waals surface area contributed by atoms with E-state index in [4.69, 9.17) is 14.5 Å². The first-order chi connectivity index (χ1) is 14.0. The van der Waals surface area contributed by atoms with Crippen LogP contribution in [0.3, 0.4) is 0 Å². The Labute approximate surface area is 173 Å². The molecule has 1 aliphatic heterocycles. The molecule has 2 aromatic rings. The molecule has 3 nitrogen and oxygen atoms in total. The van der Waals surface area contributed by atoms with Gasteiger partial charge >= 0.3 is 0 Å². The van der Waals surface area contributed by atoms with E-state index in [1.807, 2.05) is 12.1 Å². The molecule has 1 aliphatic carbocycles. The van der Waals surface area contributed by atoms with Gasteiger partial charge < -0.3 is 9.47 Å². The van der Waals surface area contributed by atoms with Gasteiger partial charge in [0.15, 0.2) is 12.0 Å². The summed E-state index contributed by atoms with van der Waals surface area (Å²) >= 11 is 0. The minimum atomic E-state index is -0.356. The van der Waals surface area contributed by atoms with Gasteiger partial charge in [-0.1, -0.05) is 80.6 Å². The molecule has 3 heteroatoms. The third-order valence-corrected chi connectivity index (χ3v) is 6.07. The van der Waals surface area contributed by atoms with Gasteiger partial charge in [-0.05, 0) is 42.0 Å². The molecule has 0 saturated heterocycles. The lowest BCUT2D eigenvalue weighted by atomic mass is 9.68. The van der Waals surface area contributed by atoms with E-state index in [0.29, 0.717) is 5.92 Å². The fourth-order valence-electron chi connectivity index (χ4n) is 4.55. The fourth-order valence-corrected chi connectivity index (χ4v) is 4.55. The summed E-state index contributed by atoms with van der Waals surface area (Å²) in [5.74, 6) is 2.38. The van der Waals surface area contributed by atoms with Crippen LogP contribution in [0.1, 0.15) is 44.0 Å². The van der Waals surface area contributed by atoms with Gasteiger partial charge in [-0.25, -0.2) is 4.99 Å². The van der Waals surface area contributed by atoms with Gasteiger partial charge in [0.1, 0.15) is 11.8 Å². The highest BCUT2D eigenvalue weighted by Gasteiger charge is 2.47. The third-order valence-electron chi connectivity index (χ3n) is 6.07. The predicted molar refractivity (Wildman–Crippen MR) is 118 cm³/mol. The number of ether oxygens (including phenoxy) is 2. The molecule has 0 aromatic heterocycles. The second kappa shape index (κ2) is 7.90. The van der Waals surface area contributed by atoms with Crippen molar-refractivity contribution in [3.8, 4) is 0 Å². The summed E-state index contributed by atoms with van der Waals surface area (Å²) in [6.45, 7) is 6.71. The summed E-state index contributed by atoms with van der Waals surface area (Å²) < 4.78 is 12.2. The molecular weight excluding hydrogens is 358 g/mol. The molecule has 0 fully saturated rings. The number of aliphatic imine (C=N–C) groups is 1. The van der Waals surface area contributed by atoms with E-state index < -0.39 is 0 Å². The van der Waals surface area contributed by atoms with E-state index in [-0.39, 0.29) is 23.5 Å². The highest BCUT2D eigenvalue weighted by Crippen LogP contribution is 2.49. The van der Waals surface area contributed by atoms with E-state index in [0.717, 1.165) is 17.2 Å². The zero-order chi connectivity index (χ0) is 20.4. The molecule has 150 valence electrons. The molecule has 0 unspecified atom stereocenters. The van der Waals surface area contributed by atoms with Crippen LogP contribution in [0, 0.1) is 17.3 Å². The maximum Gasteiger partial charge on any atom is 0.195 e. The molecule has 0 spiro atoms. The van der Waals surface area contributed by atoms with Gasteiger partial charge in [-0.3, -0.25) is 0 Å². The number of methoxy groups -OCH3 is 1. The Morgan fingerprint density at radius 2 is 1.59 bits per heavy atom. The largest absolute Gasteiger partial charge is 0.497 e. The maximum absolute atomic E-state index is 6.65. The first kappa shape index (κ1) is 19.5. The second-order valence-corrected chi connectivity index (χ2v) is 8.40. The standard InChI is InChI=1S/C26H29NO2/c1-18(2)22-16-15-21(28-4)17-26(22,3)25-27-23(19-11-7-5-8-12-19)24(29-25)20-13-9-6-10-14-20/h5-18,22-24H,1-4H3/t22-,23+,24+,26-/m0/s1. The lowest BCUT2D eigenvalue weighted by Crippen LogP contribution is -2.38. The Morgan fingerprint density at radius 3 is 2.17 bits per heavy atom. The van der Waals surface area contributed by atoms with Gasteiger partial charge in [0.2, 0.25) is 0 Å². The summed E-state index contributed by atoms with van der Waals surface area (Å²) in [6.07, 6.45) is 6.34. The summed E-state index contributed by atoms with van der Waals surface area (Å²) in [5, 5.41) is 0. The zero-order valence-corrected chi connectivity index (χ0v) is 17.6. The van der Waals surface area contributed by atoms with Crippen molar-refractivity contribution in [2.75, 3.05) is 7.11 Å². The molecule has 0 radical (unpaired) electrons. The number of hydrogen-bond acceptors (Lipinski definition) is 3. The van der Waals surface area contributed by atoms with E-state index in [2.05, 4.69) is 87.5 Å². The Kier molecular flexibility index (Phi) is 5.31. The molecule has 29 heavy (non-hydrogen) atoms. The Bertz CT molecular complexity index is 930. The van der Waals surface area contributed by atoms with Crippen LogP contribution in [0.25, 0.3) is 0 Å². The van der Waals surface area contributed by atoms with E-state index in [9.17, 15) is 0 Å². The van der Waals surface area contributed by atoms with Gasteiger partial charge in [-0.15, -0.1) is 0 Å². The van der Waals surface area contributed by atoms with Crippen molar-refractivity contribution in [1.82, 2.24) is 0 Å². The van der Waals surface area contributed by atoms with Crippen LogP contribution in [0.15, 0.2) is 89.6 Å². The van der Waals surface area contributed by atoms with Gasteiger partial charge in [-0.2, -0.15) is 0 Å². The van der Waals surface area contributed by atoms with E-state index >= 15 is 0 Å². The molecule has 4 atom stereocenters. The van der Waals surface area contributed by atoms with Crippen molar-refractivity contribution in [3.63, 3.8) is 0 Å². The molecule has 2 aliphatic rings. The van der Waals surface area contributed by atoms with Gasteiger partial charge in [0, 0.05) is 0 Å². The molecule has 0 N–H and O–H groups in total. The summed E-state index contributed by atoms with van der Waals surface area (Å²) in [7, 11) is 1.71. The average Bonchev–Trinajstić information content (AvgIpc) is 3.21. The molecule has 0 amide bonds. The smallest absolute Gasteiger partial charge is 0.195 e. The number of nitrogens with zero attached hydrogens (tertiary/aromatic N) is 1. The Hall–Kier alpha value is -2.81. The molecule has 1 heterocycles. The first-order valence-electron chi connectivity index (χ1n) is 10.3. The topological polar surface area (TPSA) is 30.8 Å². The van der Waals surface area contributed by atoms with E-state index in [1.54, 1.807) is 7.11 Å². The minimum Gasteiger partial charge on any atom is -0.497 e. The van der Waals surface area contributed by atoms with E-state index in [1.165, 1.54) is 5.56 Å². The Morgan fingerprint density at radius 1 is 0.966 bits per heavy atom. The van der Waals surface area contributed by atoms with Crippen LogP contribution < -0.4 is 0 Å². The monoisotopic (exact) mass is 387 g/mol. The van der Waals surface area contributed by atoms with Gasteiger partial charge in [0.25, 0.3) is 0 Å². The van der Waals surface area contributed by atoms with Crippen molar-refractivity contribution >= 4 is 5.90 Å². The van der Waals surface area contributed by atoms with Crippen molar-refractivity contribution in [1.29, 1.82) is 0 Å². The summed E-state index contributed by atoms with van der Waals surface area (Å²) in [6, 6.07) is 20.8. The molecular formula is C26H29NO2. The number of rotatable bonds is 5. The maximum atomic E-state index is 6.65. The van der Waals surface area contributed by atoms with Crippen molar-refractivity contribution in [3.05, 3.63) is 95.8 Å². The lowest BCUT2D eigenvalue weighted by molar-refractivity contribution is 0.160. The van der Waals surface area contributed by atoms with Gasteiger partial charge in [0.05, 0.1) is 12.5 Å². The van der Waals surface area contributed by atoms with Crippen LogP contribution in [0.5, 0.6) is 0 Å². The van der Waals surface area contributed by atoms with Crippen LogP contribution >= 0.6 is 0 Å². The van der Waals surface area contributed by atoms with Crippen LogP contribution in [0.4, 0.5) is 0 Å². The predicted octanol–water partition coefficient (Wildman–Crippen LogP) is 6.28. The number of benzene rings is 2.